The van der Waals surface area contributed by atoms with Gasteiger partial charge in [-0.1, -0.05) is 24.3 Å². The number of carbonyl (C=O) groups is 2. The van der Waals surface area contributed by atoms with E-state index in [4.69, 9.17) is 5.26 Å². The van der Waals surface area contributed by atoms with Gasteiger partial charge in [0.2, 0.25) is 5.91 Å². The molecule has 1 aromatic carbocycles. The third kappa shape index (κ3) is 6.02. The van der Waals surface area contributed by atoms with Gasteiger partial charge in [0.25, 0.3) is 5.91 Å². The van der Waals surface area contributed by atoms with Crippen molar-refractivity contribution in [3.8, 4) is 6.07 Å². The Morgan fingerprint density at radius 2 is 1.88 bits per heavy atom. The molecular weight excluding hydrogens is 328 g/mol. The SMILES string of the molecule is CC(C)(C)NC(=O)c1cc(NC(=O)Cc2cccc(CC#N)c2)ccn1. The molecular formula is C20H22N4O2. The summed E-state index contributed by atoms with van der Waals surface area (Å²) in [6, 6.07) is 12.6. The molecule has 0 aliphatic carbocycles. The van der Waals surface area contributed by atoms with Crippen LogP contribution in [-0.2, 0) is 17.6 Å². The number of aromatic nitrogens is 1. The van der Waals surface area contributed by atoms with E-state index in [0.29, 0.717) is 12.1 Å². The molecule has 2 amide bonds. The standard InChI is InChI=1S/C20H22N4O2/c1-20(2,3)24-19(26)17-13-16(8-10-22-17)23-18(25)12-15-6-4-5-14(11-15)7-9-21/h4-6,8,10-11,13H,7,12H2,1-3H3,(H,24,26)(H,22,23,25). The minimum Gasteiger partial charge on any atom is -0.346 e. The van der Waals surface area contributed by atoms with Crippen LogP contribution in [0.25, 0.3) is 0 Å². The van der Waals surface area contributed by atoms with Crippen LogP contribution in [0.2, 0.25) is 0 Å². The largest absolute Gasteiger partial charge is 0.346 e. The van der Waals surface area contributed by atoms with Crippen LogP contribution in [0.4, 0.5) is 5.69 Å². The lowest BCUT2D eigenvalue weighted by molar-refractivity contribution is -0.115. The molecule has 0 atom stereocenters. The van der Waals surface area contributed by atoms with E-state index in [1.54, 1.807) is 12.1 Å². The molecule has 2 rings (SSSR count). The van der Waals surface area contributed by atoms with Crippen LogP contribution < -0.4 is 10.6 Å². The topological polar surface area (TPSA) is 94.9 Å². The number of pyridine rings is 1. The fourth-order valence-corrected chi connectivity index (χ4v) is 2.37. The summed E-state index contributed by atoms with van der Waals surface area (Å²) in [5.41, 5.74) is 2.09. The lowest BCUT2D eigenvalue weighted by atomic mass is 10.1. The van der Waals surface area contributed by atoms with Gasteiger partial charge in [-0.3, -0.25) is 14.6 Å². The number of benzene rings is 1. The van der Waals surface area contributed by atoms with E-state index in [-0.39, 0.29) is 29.5 Å². The summed E-state index contributed by atoms with van der Waals surface area (Å²) in [5.74, 6) is -0.495. The van der Waals surface area contributed by atoms with Gasteiger partial charge in [-0.05, 0) is 44.0 Å². The van der Waals surface area contributed by atoms with Gasteiger partial charge in [-0.15, -0.1) is 0 Å². The minimum atomic E-state index is -0.369. The van der Waals surface area contributed by atoms with Gasteiger partial charge in [0.1, 0.15) is 5.69 Å². The third-order valence-electron chi connectivity index (χ3n) is 3.40. The molecule has 0 saturated carbocycles. The lowest BCUT2D eigenvalue weighted by Gasteiger charge is -2.20. The zero-order valence-corrected chi connectivity index (χ0v) is 15.2. The van der Waals surface area contributed by atoms with Crippen molar-refractivity contribution in [3.63, 3.8) is 0 Å². The number of hydrogen-bond donors (Lipinski definition) is 2. The molecule has 6 heteroatoms. The van der Waals surface area contributed by atoms with Gasteiger partial charge in [-0.2, -0.15) is 5.26 Å². The Kier molecular flexibility index (Phi) is 6.07. The Hall–Kier alpha value is -3.20. The first kappa shape index (κ1) is 19.1. The van der Waals surface area contributed by atoms with Crippen molar-refractivity contribution in [2.45, 2.75) is 39.2 Å². The van der Waals surface area contributed by atoms with Gasteiger partial charge in [-0.25, -0.2) is 0 Å². The number of amides is 2. The molecule has 26 heavy (non-hydrogen) atoms. The van der Waals surface area contributed by atoms with Gasteiger partial charge < -0.3 is 10.6 Å². The van der Waals surface area contributed by atoms with Crippen molar-refractivity contribution in [3.05, 3.63) is 59.4 Å². The van der Waals surface area contributed by atoms with E-state index in [9.17, 15) is 9.59 Å². The summed E-state index contributed by atoms with van der Waals surface area (Å²) in [4.78, 5) is 28.5. The van der Waals surface area contributed by atoms with E-state index >= 15 is 0 Å². The Bertz CT molecular complexity index is 847. The maximum absolute atomic E-state index is 12.3. The summed E-state index contributed by atoms with van der Waals surface area (Å²) in [6.07, 6.45) is 1.98. The van der Waals surface area contributed by atoms with E-state index in [1.165, 1.54) is 6.20 Å². The second-order valence-electron chi connectivity index (χ2n) is 7.01. The van der Waals surface area contributed by atoms with Crippen molar-refractivity contribution in [1.29, 1.82) is 5.26 Å². The van der Waals surface area contributed by atoms with Gasteiger partial charge >= 0.3 is 0 Å². The number of anilines is 1. The number of hydrogen-bond acceptors (Lipinski definition) is 4. The van der Waals surface area contributed by atoms with E-state index in [1.807, 2.05) is 45.0 Å². The normalized spacial score (nSPS) is 10.7. The Morgan fingerprint density at radius 3 is 2.58 bits per heavy atom. The molecule has 0 radical (unpaired) electrons. The summed E-state index contributed by atoms with van der Waals surface area (Å²) in [6.45, 7) is 5.66. The van der Waals surface area contributed by atoms with E-state index in [0.717, 1.165) is 11.1 Å². The monoisotopic (exact) mass is 350 g/mol. The summed E-state index contributed by atoms with van der Waals surface area (Å²) < 4.78 is 0. The van der Waals surface area contributed by atoms with Crippen molar-refractivity contribution in [2.75, 3.05) is 5.32 Å². The second kappa shape index (κ2) is 8.26. The highest BCUT2D eigenvalue weighted by Crippen LogP contribution is 2.12. The van der Waals surface area contributed by atoms with Crippen LogP contribution in [0.1, 0.15) is 42.4 Å². The van der Waals surface area contributed by atoms with Crippen molar-refractivity contribution < 1.29 is 9.59 Å². The first-order valence-corrected chi connectivity index (χ1v) is 8.30. The number of nitrogens with one attached hydrogen (secondary N) is 2. The van der Waals surface area contributed by atoms with E-state index in [2.05, 4.69) is 21.7 Å². The van der Waals surface area contributed by atoms with Crippen molar-refractivity contribution in [1.82, 2.24) is 10.3 Å². The molecule has 2 aromatic rings. The molecule has 6 nitrogen and oxygen atoms in total. The highest BCUT2D eigenvalue weighted by molar-refractivity contribution is 5.96. The molecule has 0 unspecified atom stereocenters. The average Bonchev–Trinajstić information content (AvgIpc) is 2.54. The summed E-state index contributed by atoms with van der Waals surface area (Å²) in [5, 5.41) is 14.4. The van der Waals surface area contributed by atoms with Gasteiger partial charge in [0, 0.05) is 17.4 Å². The molecule has 0 bridgehead atoms. The molecule has 1 heterocycles. The molecule has 0 aliphatic rings. The molecule has 2 N–H and O–H groups in total. The first-order valence-electron chi connectivity index (χ1n) is 8.30. The highest BCUT2D eigenvalue weighted by Gasteiger charge is 2.16. The molecule has 134 valence electrons. The Labute approximate surface area is 153 Å². The molecule has 1 aromatic heterocycles. The second-order valence-corrected chi connectivity index (χ2v) is 7.01. The van der Waals surface area contributed by atoms with Gasteiger partial charge in [0.05, 0.1) is 18.9 Å². The van der Waals surface area contributed by atoms with Gasteiger partial charge in [0.15, 0.2) is 0 Å². The average molecular weight is 350 g/mol. The number of rotatable bonds is 5. The lowest BCUT2D eigenvalue weighted by Crippen LogP contribution is -2.40. The molecule has 0 spiro atoms. The third-order valence-corrected chi connectivity index (χ3v) is 3.40. The maximum atomic E-state index is 12.3. The quantitative estimate of drug-likeness (QED) is 0.867. The zero-order valence-electron chi connectivity index (χ0n) is 15.2. The van der Waals surface area contributed by atoms with Crippen LogP contribution in [0.5, 0.6) is 0 Å². The zero-order chi connectivity index (χ0) is 19.2. The molecule has 0 fully saturated rings. The minimum absolute atomic E-state index is 0.186. The first-order chi connectivity index (χ1) is 12.3. The summed E-state index contributed by atoms with van der Waals surface area (Å²) >= 11 is 0. The molecule has 0 aliphatic heterocycles. The Balaban J connectivity index is 2.03. The predicted molar refractivity (Wildman–Crippen MR) is 99.5 cm³/mol. The fourth-order valence-electron chi connectivity index (χ4n) is 2.37. The highest BCUT2D eigenvalue weighted by atomic mass is 16.2. The van der Waals surface area contributed by atoms with Crippen molar-refractivity contribution >= 4 is 17.5 Å². The van der Waals surface area contributed by atoms with E-state index < -0.39 is 0 Å². The predicted octanol–water partition coefficient (Wildman–Crippen LogP) is 2.86. The summed E-state index contributed by atoms with van der Waals surface area (Å²) in [7, 11) is 0. The number of carbonyl (C=O) groups excluding carboxylic acids is 2. The van der Waals surface area contributed by atoms with Crippen molar-refractivity contribution in [2.24, 2.45) is 0 Å². The number of nitriles is 1. The smallest absolute Gasteiger partial charge is 0.270 e. The van der Waals surface area contributed by atoms with Crippen LogP contribution >= 0.6 is 0 Å². The fraction of sp³-hybridized carbons (Fsp3) is 0.300. The van der Waals surface area contributed by atoms with Crippen LogP contribution in [0, 0.1) is 11.3 Å². The maximum Gasteiger partial charge on any atom is 0.270 e. The van der Waals surface area contributed by atoms with Crippen LogP contribution in [-0.4, -0.2) is 22.3 Å². The Morgan fingerprint density at radius 1 is 1.15 bits per heavy atom. The number of nitrogens with zero attached hydrogens (tertiary/aromatic N) is 2. The van der Waals surface area contributed by atoms with Crippen LogP contribution in [0.15, 0.2) is 42.6 Å². The van der Waals surface area contributed by atoms with Crippen LogP contribution in [0.3, 0.4) is 0 Å². The molecule has 0 saturated heterocycles.